The van der Waals surface area contributed by atoms with Crippen LogP contribution in [0.1, 0.15) is 74.2 Å². The largest absolute Gasteiger partial charge is 0.387 e. The number of halogens is 3. The molecule has 1 saturated heterocycles. The Morgan fingerprint density at radius 1 is 1.30 bits per heavy atom. The number of allylic oxidation sites excluding steroid dienone is 3. The van der Waals surface area contributed by atoms with E-state index >= 15 is 0 Å². The van der Waals surface area contributed by atoms with Crippen molar-refractivity contribution in [2.75, 3.05) is 13.1 Å². The number of aliphatic hydroxyl groups excluding tert-OH is 1. The van der Waals surface area contributed by atoms with E-state index in [-0.39, 0.29) is 59.9 Å². The Morgan fingerprint density at radius 3 is 2.85 bits per heavy atom. The summed E-state index contributed by atoms with van der Waals surface area (Å²) in [4.78, 5) is 36.7. The van der Waals surface area contributed by atoms with Gasteiger partial charge in [-0.25, -0.2) is 8.78 Å². The van der Waals surface area contributed by atoms with Gasteiger partial charge in [0.2, 0.25) is 5.91 Å². The van der Waals surface area contributed by atoms with Crippen LogP contribution in [-0.4, -0.2) is 61.8 Å². The summed E-state index contributed by atoms with van der Waals surface area (Å²) in [6, 6.07) is 2.92. The molecule has 2 atom stereocenters. The maximum atomic E-state index is 14.5. The second-order valence-corrected chi connectivity index (χ2v) is 11.1. The summed E-state index contributed by atoms with van der Waals surface area (Å²) in [6.07, 6.45) is 6.71. The van der Waals surface area contributed by atoms with Gasteiger partial charge in [0.25, 0.3) is 5.91 Å². The first-order chi connectivity index (χ1) is 19.2. The topological polar surface area (TPSA) is 124 Å². The third-order valence-electron chi connectivity index (χ3n) is 7.74. The van der Waals surface area contributed by atoms with Crippen molar-refractivity contribution in [1.82, 2.24) is 25.4 Å². The molecule has 5 rings (SSSR count). The van der Waals surface area contributed by atoms with Crippen molar-refractivity contribution < 1.29 is 23.5 Å². The predicted molar refractivity (Wildman–Crippen MR) is 146 cm³/mol. The molecule has 0 radical (unpaired) electrons. The van der Waals surface area contributed by atoms with Crippen molar-refractivity contribution in [3.05, 3.63) is 58.2 Å². The van der Waals surface area contributed by atoms with Crippen LogP contribution in [0, 0.1) is 11.7 Å². The highest BCUT2D eigenvalue weighted by atomic mass is 35.5. The molecule has 212 valence electrons. The molecule has 9 nitrogen and oxygen atoms in total. The number of likely N-dealkylation sites (tertiary alicyclic amines) is 1. The Balaban J connectivity index is 1.26. The number of carbonyl (C=O) groups excluding carboxylic acids is 2. The van der Waals surface area contributed by atoms with Crippen molar-refractivity contribution in [2.24, 2.45) is 10.9 Å². The van der Waals surface area contributed by atoms with Crippen LogP contribution in [-0.2, 0) is 4.79 Å². The fourth-order valence-electron chi connectivity index (χ4n) is 5.33. The molecule has 2 aromatic rings. The van der Waals surface area contributed by atoms with Crippen molar-refractivity contribution in [3.63, 3.8) is 0 Å². The predicted octanol–water partition coefficient (Wildman–Crippen LogP) is 4.72. The van der Waals surface area contributed by atoms with Gasteiger partial charge >= 0.3 is 0 Å². The Hall–Kier alpha value is -3.44. The molecule has 2 aromatic heterocycles. The number of H-pyrrole nitrogens is 1. The van der Waals surface area contributed by atoms with Gasteiger partial charge in [-0.05, 0) is 57.2 Å². The third kappa shape index (κ3) is 6.00. The van der Waals surface area contributed by atoms with Gasteiger partial charge in [-0.3, -0.25) is 24.7 Å². The highest BCUT2D eigenvalue weighted by molar-refractivity contribution is 6.30. The monoisotopic (exact) mass is 572 g/mol. The SMILES string of the molecule is C[C@@H](O)c1cc(-c2cc(C(=O)N3CCC[C@@H](C(=O)NC/C4=C(\Cl)C/C=C(/F)CC=N4)CC34CC4)[nH]n2)c(F)cn1. The number of amides is 2. The zero-order valence-electron chi connectivity index (χ0n) is 22.1. The number of aliphatic imine (C=N–C) groups is 1. The molecular formula is C28H31ClF2N6O3. The lowest BCUT2D eigenvalue weighted by atomic mass is 9.94. The quantitative estimate of drug-likeness (QED) is 0.462. The van der Waals surface area contributed by atoms with Crippen LogP contribution in [0.25, 0.3) is 11.3 Å². The van der Waals surface area contributed by atoms with Gasteiger partial charge in [-0.15, -0.1) is 0 Å². The van der Waals surface area contributed by atoms with Crippen LogP contribution in [0.4, 0.5) is 8.78 Å². The first-order valence-electron chi connectivity index (χ1n) is 13.4. The van der Waals surface area contributed by atoms with E-state index in [1.165, 1.54) is 31.3 Å². The average molecular weight is 573 g/mol. The Morgan fingerprint density at radius 2 is 2.10 bits per heavy atom. The van der Waals surface area contributed by atoms with Crippen LogP contribution in [0.3, 0.4) is 0 Å². The minimum absolute atomic E-state index is 0.0921. The molecule has 0 aromatic carbocycles. The number of nitrogens with one attached hydrogen (secondary N) is 2. The van der Waals surface area contributed by atoms with E-state index in [2.05, 4.69) is 25.5 Å². The molecule has 0 unspecified atom stereocenters. The third-order valence-corrected chi connectivity index (χ3v) is 8.12. The Bertz CT molecular complexity index is 1400. The van der Waals surface area contributed by atoms with Gasteiger partial charge in [0.1, 0.15) is 11.5 Å². The van der Waals surface area contributed by atoms with E-state index in [1.54, 1.807) is 0 Å². The molecule has 2 amide bonds. The van der Waals surface area contributed by atoms with E-state index < -0.39 is 17.5 Å². The molecule has 0 bridgehead atoms. The van der Waals surface area contributed by atoms with Gasteiger partial charge < -0.3 is 15.3 Å². The maximum absolute atomic E-state index is 14.5. The molecule has 12 heteroatoms. The average Bonchev–Trinajstić information content (AvgIpc) is 3.59. The first kappa shape index (κ1) is 28.1. The van der Waals surface area contributed by atoms with Gasteiger partial charge in [0.05, 0.1) is 35.9 Å². The number of pyridine rings is 1. The second kappa shape index (κ2) is 11.6. The fourth-order valence-corrected chi connectivity index (χ4v) is 5.52. The van der Waals surface area contributed by atoms with E-state index in [0.717, 1.165) is 19.0 Å². The van der Waals surface area contributed by atoms with Crippen LogP contribution < -0.4 is 5.32 Å². The molecule has 40 heavy (non-hydrogen) atoms. The Labute approximate surface area is 235 Å². The minimum atomic E-state index is -0.878. The van der Waals surface area contributed by atoms with Gasteiger partial charge in [-0.1, -0.05) is 11.6 Å². The summed E-state index contributed by atoms with van der Waals surface area (Å²) in [7, 11) is 0. The van der Waals surface area contributed by atoms with Crippen molar-refractivity contribution in [1.29, 1.82) is 0 Å². The lowest BCUT2D eigenvalue weighted by Gasteiger charge is -2.30. The zero-order valence-corrected chi connectivity index (χ0v) is 22.8. The number of rotatable bonds is 6. The molecule has 2 fully saturated rings. The molecule has 1 spiro atoms. The molecule has 1 saturated carbocycles. The lowest BCUT2D eigenvalue weighted by molar-refractivity contribution is -0.125. The summed E-state index contributed by atoms with van der Waals surface area (Å²) in [5.41, 5.74) is 0.997. The highest BCUT2D eigenvalue weighted by Gasteiger charge is 2.53. The number of hydrogen-bond donors (Lipinski definition) is 3. The molecule has 4 heterocycles. The van der Waals surface area contributed by atoms with E-state index in [0.29, 0.717) is 42.2 Å². The van der Waals surface area contributed by atoms with Gasteiger partial charge in [0.15, 0.2) is 5.82 Å². The number of carbonyl (C=O) groups is 2. The lowest BCUT2D eigenvalue weighted by Crippen LogP contribution is -2.43. The maximum Gasteiger partial charge on any atom is 0.272 e. The highest BCUT2D eigenvalue weighted by Crippen LogP contribution is 2.49. The molecule has 2 aliphatic heterocycles. The van der Waals surface area contributed by atoms with Crippen LogP contribution in [0.15, 0.2) is 46.0 Å². The number of aromatic amines is 1. The zero-order chi connectivity index (χ0) is 28.4. The van der Waals surface area contributed by atoms with E-state index in [4.69, 9.17) is 11.6 Å². The summed E-state index contributed by atoms with van der Waals surface area (Å²) >= 11 is 6.27. The van der Waals surface area contributed by atoms with E-state index in [9.17, 15) is 23.5 Å². The fraction of sp³-hybridized carbons (Fsp3) is 0.464. The first-order valence-corrected chi connectivity index (χ1v) is 13.8. The molecule has 1 aliphatic carbocycles. The molecular weight excluding hydrogens is 542 g/mol. The summed E-state index contributed by atoms with van der Waals surface area (Å²) in [5, 5.41) is 20.0. The molecule has 3 aliphatic rings. The van der Waals surface area contributed by atoms with E-state index in [1.807, 2.05) is 4.90 Å². The number of aromatic nitrogens is 3. The van der Waals surface area contributed by atoms with Crippen molar-refractivity contribution in [2.45, 2.75) is 63.5 Å². The number of aliphatic hydroxyl groups is 1. The smallest absolute Gasteiger partial charge is 0.272 e. The summed E-state index contributed by atoms with van der Waals surface area (Å²) in [5.74, 6) is -1.55. The normalized spacial score (nSPS) is 24.5. The van der Waals surface area contributed by atoms with Crippen LogP contribution in [0.2, 0.25) is 0 Å². The van der Waals surface area contributed by atoms with Crippen molar-refractivity contribution in [3.8, 4) is 11.3 Å². The minimum Gasteiger partial charge on any atom is -0.387 e. The number of nitrogens with zero attached hydrogens (tertiary/aromatic N) is 4. The van der Waals surface area contributed by atoms with Crippen LogP contribution >= 0.6 is 11.6 Å². The second-order valence-electron chi connectivity index (χ2n) is 10.6. The summed E-state index contributed by atoms with van der Waals surface area (Å²) < 4.78 is 28.0. The Kier molecular flexibility index (Phi) is 8.14. The van der Waals surface area contributed by atoms with Crippen LogP contribution in [0.5, 0.6) is 0 Å². The van der Waals surface area contributed by atoms with Crippen molar-refractivity contribution >= 4 is 29.6 Å². The van der Waals surface area contributed by atoms with Gasteiger partial charge in [0, 0.05) is 47.7 Å². The van der Waals surface area contributed by atoms with Gasteiger partial charge in [-0.2, -0.15) is 5.10 Å². The summed E-state index contributed by atoms with van der Waals surface area (Å²) in [6.45, 7) is 2.17. The molecule has 3 N–H and O–H groups in total. The standard InChI is InChI=1S/C28H31ClF2N6O3/c1-16(38)22-11-19(21(31)14-33-22)23-12-24(36-35-23)27(40)37-10-2-3-17(13-28(37)7-8-28)26(39)34-15-25-20(29)5-4-18(30)6-9-32-25/h4,9,11-12,14,16-17,38H,2-3,5-8,10,13,15H2,1H3,(H,34,39)(H,35,36)/b18-4+,25-20+,32-9?/t16-,17-/m1/s1. The number of hydrogen-bond acceptors (Lipinski definition) is 6.